The van der Waals surface area contributed by atoms with E-state index in [1.807, 2.05) is 0 Å². The summed E-state index contributed by atoms with van der Waals surface area (Å²) in [5.74, 6) is 0.145. The number of morpholine rings is 1. The summed E-state index contributed by atoms with van der Waals surface area (Å²) in [4.78, 5) is 6.02. The third kappa shape index (κ3) is 2.26. The van der Waals surface area contributed by atoms with E-state index in [1.54, 1.807) is 12.3 Å². The number of nitrogens with zero attached hydrogens (tertiary/aromatic N) is 2. The number of nitrogen functional groups attached to an aromatic ring is 1. The molecule has 1 aromatic rings. The smallest absolute Gasteiger partial charge is 0.423 e. The van der Waals surface area contributed by atoms with Gasteiger partial charge in [0.1, 0.15) is 5.82 Å². The molecule has 1 aliphatic heterocycles. The van der Waals surface area contributed by atoms with Crippen LogP contribution in [0.4, 0.5) is 11.5 Å². The molecule has 6 nitrogen and oxygen atoms in total. The standard InChI is InChI=1S/C9H14BN3O3/c11-9-8(10(14)15)5-7(6-12-9)13-1-3-16-4-2-13/h5-6,14-15H,1-4H2,(H2,11,12). The molecule has 2 rings (SSSR count). The van der Waals surface area contributed by atoms with E-state index in [0.29, 0.717) is 13.2 Å². The monoisotopic (exact) mass is 223 g/mol. The van der Waals surface area contributed by atoms with E-state index in [9.17, 15) is 0 Å². The molecule has 86 valence electrons. The zero-order valence-corrected chi connectivity index (χ0v) is 8.83. The molecule has 0 radical (unpaired) electrons. The van der Waals surface area contributed by atoms with Crippen LogP contribution in [0.3, 0.4) is 0 Å². The zero-order chi connectivity index (χ0) is 11.5. The molecule has 0 unspecified atom stereocenters. The molecule has 2 heterocycles. The Labute approximate surface area is 93.8 Å². The molecule has 0 bridgehead atoms. The van der Waals surface area contributed by atoms with Crippen molar-refractivity contribution in [3.8, 4) is 0 Å². The minimum Gasteiger partial charge on any atom is -0.423 e. The Bertz CT molecular complexity index is 369. The highest BCUT2D eigenvalue weighted by Crippen LogP contribution is 2.14. The summed E-state index contributed by atoms with van der Waals surface area (Å²) in [5, 5.41) is 18.2. The summed E-state index contributed by atoms with van der Waals surface area (Å²) in [7, 11) is -1.59. The summed E-state index contributed by atoms with van der Waals surface area (Å²) in [5.41, 5.74) is 6.62. The largest absolute Gasteiger partial charge is 0.492 e. The topological polar surface area (TPSA) is 91.8 Å². The van der Waals surface area contributed by atoms with Gasteiger partial charge in [-0.05, 0) is 6.07 Å². The third-order valence-corrected chi connectivity index (χ3v) is 2.59. The van der Waals surface area contributed by atoms with Crippen molar-refractivity contribution in [3.63, 3.8) is 0 Å². The van der Waals surface area contributed by atoms with Crippen molar-refractivity contribution in [2.75, 3.05) is 36.9 Å². The summed E-state index contributed by atoms with van der Waals surface area (Å²) in [6.45, 7) is 2.88. The van der Waals surface area contributed by atoms with E-state index in [4.69, 9.17) is 20.5 Å². The summed E-state index contributed by atoms with van der Waals surface area (Å²) >= 11 is 0. The maximum atomic E-state index is 9.12. The number of hydrogen-bond donors (Lipinski definition) is 3. The molecule has 1 fully saturated rings. The molecule has 0 aliphatic carbocycles. The summed E-state index contributed by atoms with van der Waals surface area (Å²) < 4.78 is 5.24. The average Bonchev–Trinajstić information content (AvgIpc) is 2.30. The summed E-state index contributed by atoms with van der Waals surface area (Å²) in [6, 6.07) is 1.65. The van der Waals surface area contributed by atoms with E-state index in [1.165, 1.54) is 0 Å². The van der Waals surface area contributed by atoms with Gasteiger partial charge in [-0.1, -0.05) is 0 Å². The molecule has 1 aliphatic rings. The number of aromatic nitrogens is 1. The number of anilines is 2. The van der Waals surface area contributed by atoms with Gasteiger partial charge in [-0.25, -0.2) is 4.98 Å². The van der Waals surface area contributed by atoms with Gasteiger partial charge in [-0.3, -0.25) is 0 Å². The molecule has 4 N–H and O–H groups in total. The first kappa shape index (κ1) is 11.2. The number of pyridine rings is 1. The average molecular weight is 223 g/mol. The van der Waals surface area contributed by atoms with E-state index >= 15 is 0 Å². The quantitative estimate of drug-likeness (QED) is 0.511. The normalized spacial score (nSPS) is 16.2. The molecular formula is C9H14BN3O3. The molecular weight excluding hydrogens is 209 g/mol. The highest BCUT2D eigenvalue weighted by Gasteiger charge is 2.19. The van der Waals surface area contributed by atoms with Gasteiger partial charge >= 0.3 is 7.12 Å². The molecule has 16 heavy (non-hydrogen) atoms. The first-order valence-corrected chi connectivity index (χ1v) is 5.12. The van der Waals surface area contributed by atoms with Crippen LogP contribution in [0.25, 0.3) is 0 Å². The van der Waals surface area contributed by atoms with E-state index < -0.39 is 7.12 Å². The molecule has 1 saturated heterocycles. The first-order chi connectivity index (χ1) is 7.68. The zero-order valence-electron chi connectivity index (χ0n) is 8.83. The molecule has 0 saturated carbocycles. The van der Waals surface area contributed by atoms with Gasteiger partial charge in [0, 0.05) is 18.6 Å². The lowest BCUT2D eigenvalue weighted by Gasteiger charge is -2.29. The van der Waals surface area contributed by atoms with Crippen molar-refractivity contribution in [1.82, 2.24) is 4.98 Å². The minimum atomic E-state index is -1.59. The first-order valence-electron chi connectivity index (χ1n) is 5.12. The molecule has 0 atom stereocenters. The fourth-order valence-electron chi connectivity index (χ4n) is 1.68. The van der Waals surface area contributed by atoms with Crippen molar-refractivity contribution < 1.29 is 14.8 Å². The fourth-order valence-corrected chi connectivity index (χ4v) is 1.68. The van der Waals surface area contributed by atoms with Gasteiger partial charge in [0.25, 0.3) is 0 Å². The molecule has 0 amide bonds. The van der Waals surface area contributed by atoms with E-state index in [2.05, 4.69) is 9.88 Å². The Morgan fingerprint density at radius 1 is 1.38 bits per heavy atom. The Balaban J connectivity index is 2.24. The molecule has 0 aromatic carbocycles. The van der Waals surface area contributed by atoms with Gasteiger partial charge in [-0.15, -0.1) is 0 Å². The maximum absolute atomic E-state index is 9.12. The second-order valence-electron chi connectivity index (χ2n) is 3.64. The van der Waals surface area contributed by atoms with Crippen molar-refractivity contribution in [3.05, 3.63) is 12.3 Å². The predicted octanol–water partition coefficient (Wildman–Crippen LogP) is -1.82. The Kier molecular flexibility index (Phi) is 3.28. The van der Waals surface area contributed by atoms with Gasteiger partial charge in [-0.2, -0.15) is 0 Å². The minimum absolute atomic E-state index is 0.145. The highest BCUT2D eigenvalue weighted by atomic mass is 16.5. The lowest BCUT2D eigenvalue weighted by molar-refractivity contribution is 0.122. The second kappa shape index (κ2) is 4.69. The van der Waals surface area contributed by atoms with Crippen LogP contribution in [0, 0.1) is 0 Å². The van der Waals surface area contributed by atoms with Crippen LogP contribution in [0.1, 0.15) is 0 Å². The summed E-state index contributed by atoms with van der Waals surface area (Å²) in [6.07, 6.45) is 1.63. The number of hydrogen-bond acceptors (Lipinski definition) is 6. The van der Waals surface area contributed by atoms with Crippen molar-refractivity contribution in [2.24, 2.45) is 0 Å². The molecule has 7 heteroatoms. The third-order valence-electron chi connectivity index (χ3n) is 2.59. The Hall–Kier alpha value is -1.31. The van der Waals surface area contributed by atoms with Crippen molar-refractivity contribution >= 4 is 24.1 Å². The highest BCUT2D eigenvalue weighted by molar-refractivity contribution is 6.60. The Morgan fingerprint density at radius 2 is 2.06 bits per heavy atom. The lowest BCUT2D eigenvalue weighted by Crippen LogP contribution is -2.38. The van der Waals surface area contributed by atoms with Gasteiger partial charge in [0.2, 0.25) is 0 Å². The second-order valence-corrected chi connectivity index (χ2v) is 3.64. The Morgan fingerprint density at radius 3 is 2.69 bits per heavy atom. The van der Waals surface area contributed by atoms with Gasteiger partial charge in [0.15, 0.2) is 0 Å². The number of ether oxygens (including phenoxy) is 1. The molecule has 0 spiro atoms. The van der Waals surface area contributed by atoms with Crippen LogP contribution in [0.15, 0.2) is 12.3 Å². The van der Waals surface area contributed by atoms with Gasteiger partial charge < -0.3 is 25.4 Å². The molecule has 1 aromatic heterocycles. The van der Waals surface area contributed by atoms with Crippen LogP contribution >= 0.6 is 0 Å². The van der Waals surface area contributed by atoms with Crippen LogP contribution in [0.5, 0.6) is 0 Å². The number of rotatable bonds is 2. The van der Waals surface area contributed by atoms with Crippen LogP contribution in [-0.4, -0.2) is 48.5 Å². The van der Waals surface area contributed by atoms with Crippen molar-refractivity contribution in [2.45, 2.75) is 0 Å². The van der Waals surface area contributed by atoms with E-state index in [0.717, 1.165) is 18.8 Å². The van der Waals surface area contributed by atoms with Crippen LogP contribution < -0.4 is 16.1 Å². The van der Waals surface area contributed by atoms with Gasteiger partial charge in [0.05, 0.1) is 25.1 Å². The lowest BCUT2D eigenvalue weighted by atomic mass is 9.80. The van der Waals surface area contributed by atoms with E-state index in [-0.39, 0.29) is 11.3 Å². The van der Waals surface area contributed by atoms with Crippen molar-refractivity contribution in [1.29, 1.82) is 0 Å². The van der Waals surface area contributed by atoms with Crippen LogP contribution in [0.2, 0.25) is 0 Å². The number of nitrogens with two attached hydrogens (primary N) is 1. The SMILES string of the molecule is Nc1ncc(N2CCOCC2)cc1B(O)O. The van der Waals surface area contributed by atoms with Crippen LogP contribution in [-0.2, 0) is 4.74 Å². The maximum Gasteiger partial charge on any atom is 0.492 e. The predicted molar refractivity (Wildman–Crippen MR) is 61.5 cm³/mol. The fraction of sp³-hybridized carbons (Fsp3) is 0.444.